The SMILES string of the molecule is COc1cc(C)c(NC(=O)[C@H](C)N2C(=O)[C@H]3[C@H](C2=O)[C@H]2C=C[C@H]3C2)cc1C(C)C. The van der Waals surface area contributed by atoms with Crippen LogP contribution in [0.1, 0.15) is 44.2 Å². The fraction of sp³-hybridized carbons (Fsp3) is 0.522. The molecule has 1 aliphatic heterocycles. The Kier molecular flexibility index (Phi) is 4.75. The van der Waals surface area contributed by atoms with Crippen LogP contribution in [0.5, 0.6) is 5.75 Å². The molecule has 154 valence electrons. The molecule has 2 aliphatic carbocycles. The minimum atomic E-state index is -0.844. The van der Waals surface area contributed by atoms with E-state index in [4.69, 9.17) is 4.74 Å². The zero-order chi connectivity index (χ0) is 21.0. The lowest BCUT2D eigenvalue weighted by Gasteiger charge is -2.24. The summed E-state index contributed by atoms with van der Waals surface area (Å²) < 4.78 is 5.46. The number of amides is 3. The van der Waals surface area contributed by atoms with Gasteiger partial charge < -0.3 is 10.1 Å². The summed E-state index contributed by atoms with van der Waals surface area (Å²) in [5.41, 5.74) is 2.53. The molecule has 1 aromatic carbocycles. The normalized spacial score (nSPS) is 28.3. The quantitative estimate of drug-likeness (QED) is 0.612. The number of methoxy groups -OCH3 is 1. The maximum Gasteiger partial charge on any atom is 0.247 e. The molecule has 1 aromatic rings. The van der Waals surface area contributed by atoms with Crippen molar-refractivity contribution in [1.82, 2.24) is 4.90 Å². The third-order valence-electron chi connectivity index (χ3n) is 6.73. The number of likely N-dealkylation sites (tertiary alicyclic amines) is 1. The minimum absolute atomic E-state index is 0.138. The lowest BCUT2D eigenvalue weighted by atomic mass is 9.85. The second-order valence-electron chi connectivity index (χ2n) is 8.78. The van der Waals surface area contributed by atoms with Crippen molar-refractivity contribution in [3.63, 3.8) is 0 Å². The van der Waals surface area contributed by atoms with Crippen LogP contribution in [0, 0.1) is 30.6 Å². The third kappa shape index (κ3) is 2.96. The molecule has 3 amide bonds. The monoisotopic (exact) mass is 396 g/mol. The number of imide groups is 1. The molecular weight excluding hydrogens is 368 g/mol. The Morgan fingerprint density at radius 1 is 1.10 bits per heavy atom. The summed E-state index contributed by atoms with van der Waals surface area (Å²) in [4.78, 5) is 40.1. The highest BCUT2D eigenvalue weighted by molar-refractivity contribution is 6.10. The molecule has 1 saturated heterocycles. The first kappa shape index (κ1) is 19.7. The van der Waals surface area contributed by atoms with E-state index >= 15 is 0 Å². The highest BCUT2D eigenvalue weighted by atomic mass is 16.5. The number of rotatable bonds is 5. The van der Waals surface area contributed by atoms with Crippen molar-refractivity contribution in [2.75, 3.05) is 12.4 Å². The van der Waals surface area contributed by atoms with Crippen molar-refractivity contribution in [3.05, 3.63) is 35.4 Å². The number of hydrogen-bond donors (Lipinski definition) is 1. The van der Waals surface area contributed by atoms with Crippen molar-refractivity contribution in [2.45, 2.75) is 46.1 Å². The van der Waals surface area contributed by atoms with Gasteiger partial charge in [0.05, 0.1) is 18.9 Å². The number of carbonyl (C=O) groups is 3. The number of carbonyl (C=O) groups excluding carboxylic acids is 3. The first-order valence-electron chi connectivity index (χ1n) is 10.3. The van der Waals surface area contributed by atoms with E-state index in [1.807, 2.05) is 19.1 Å². The van der Waals surface area contributed by atoms with E-state index in [1.165, 1.54) is 4.90 Å². The number of fused-ring (bicyclic) bond motifs is 5. The standard InChI is InChI=1S/C23H28N2O4/c1-11(2)16-10-17(12(3)8-18(16)29-5)24-21(26)13(4)25-22(27)19-14-6-7-15(9-14)20(19)23(25)28/h6-8,10-11,13-15,19-20H,9H2,1-5H3,(H,24,26)/t13-,14-,15-,19+,20+/m0/s1. The number of nitrogens with one attached hydrogen (secondary N) is 1. The maximum absolute atomic E-state index is 13.0. The van der Waals surface area contributed by atoms with E-state index in [9.17, 15) is 14.4 Å². The van der Waals surface area contributed by atoms with Crippen LogP contribution in [-0.2, 0) is 14.4 Å². The highest BCUT2D eigenvalue weighted by Gasteiger charge is 2.60. The number of nitrogens with zero attached hydrogens (tertiary/aromatic N) is 1. The third-order valence-corrected chi connectivity index (χ3v) is 6.73. The molecule has 0 unspecified atom stereocenters. The van der Waals surface area contributed by atoms with Gasteiger partial charge in [0.25, 0.3) is 0 Å². The molecule has 5 atom stereocenters. The van der Waals surface area contributed by atoms with Gasteiger partial charge in [-0.1, -0.05) is 26.0 Å². The van der Waals surface area contributed by atoms with Gasteiger partial charge in [-0.05, 0) is 61.3 Å². The average Bonchev–Trinajstić information content (AvgIpc) is 3.36. The van der Waals surface area contributed by atoms with Crippen LogP contribution in [0.25, 0.3) is 0 Å². The molecular formula is C23H28N2O4. The van der Waals surface area contributed by atoms with E-state index < -0.39 is 6.04 Å². The average molecular weight is 396 g/mol. The number of hydrogen-bond acceptors (Lipinski definition) is 4. The highest BCUT2D eigenvalue weighted by Crippen LogP contribution is 2.52. The molecule has 1 heterocycles. The Labute approximate surface area is 171 Å². The largest absolute Gasteiger partial charge is 0.496 e. The van der Waals surface area contributed by atoms with Crippen molar-refractivity contribution in [2.24, 2.45) is 23.7 Å². The van der Waals surface area contributed by atoms with Gasteiger partial charge in [-0.2, -0.15) is 0 Å². The van der Waals surface area contributed by atoms with Crippen LogP contribution in [0.3, 0.4) is 0 Å². The Hall–Kier alpha value is -2.63. The molecule has 2 fully saturated rings. The van der Waals surface area contributed by atoms with Crippen LogP contribution >= 0.6 is 0 Å². The van der Waals surface area contributed by atoms with Crippen molar-refractivity contribution in [1.29, 1.82) is 0 Å². The number of aryl methyl sites for hydroxylation is 1. The number of ether oxygens (including phenoxy) is 1. The number of allylic oxidation sites excluding steroid dienone is 2. The van der Waals surface area contributed by atoms with Gasteiger partial charge in [0, 0.05) is 5.69 Å². The second kappa shape index (κ2) is 7.01. The molecule has 2 bridgehead atoms. The lowest BCUT2D eigenvalue weighted by Crippen LogP contribution is -2.46. The molecule has 6 nitrogen and oxygen atoms in total. The predicted octanol–water partition coefficient (Wildman–Crippen LogP) is 3.26. The summed E-state index contributed by atoms with van der Waals surface area (Å²) >= 11 is 0. The van der Waals surface area contributed by atoms with Crippen LogP contribution in [0.4, 0.5) is 5.69 Å². The van der Waals surface area contributed by atoms with Crippen LogP contribution in [0.2, 0.25) is 0 Å². The van der Waals surface area contributed by atoms with E-state index in [1.54, 1.807) is 14.0 Å². The van der Waals surface area contributed by atoms with Crippen molar-refractivity contribution < 1.29 is 19.1 Å². The van der Waals surface area contributed by atoms with Crippen LogP contribution in [-0.4, -0.2) is 35.8 Å². The summed E-state index contributed by atoms with van der Waals surface area (Å²) in [6.07, 6.45) is 4.99. The summed E-state index contributed by atoms with van der Waals surface area (Å²) in [6.45, 7) is 7.64. The number of benzene rings is 1. The molecule has 0 radical (unpaired) electrons. The Morgan fingerprint density at radius 3 is 2.21 bits per heavy atom. The van der Waals surface area contributed by atoms with Crippen molar-refractivity contribution >= 4 is 23.4 Å². The fourth-order valence-corrected chi connectivity index (χ4v) is 5.12. The lowest BCUT2D eigenvalue weighted by molar-refractivity contribution is -0.146. The molecule has 1 saturated carbocycles. The van der Waals surface area contributed by atoms with Gasteiger partial charge in [0.1, 0.15) is 11.8 Å². The number of anilines is 1. The van der Waals surface area contributed by atoms with E-state index in [0.29, 0.717) is 5.69 Å². The molecule has 0 spiro atoms. The molecule has 4 rings (SSSR count). The van der Waals surface area contributed by atoms with Gasteiger partial charge in [0.15, 0.2) is 0 Å². The summed E-state index contributed by atoms with van der Waals surface area (Å²) in [5, 5.41) is 2.92. The van der Waals surface area contributed by atoms with E-state index in [-0.39, 0.29) is 47.3 Å². The summed E-state index contributed by atoms with van der Waals surface area (Å²) in [6, 6.07) is 2.97. The zero-order valence-electron chi connectivity index (χ0n) is 17.6. The smallest absolute Gasteiger partial charge is 0.247 e. The fourth-order valence-electron chi connectivity index (χ4n) is 5.12. The van der Waals surface area contributed by atoms with Gasteiger partial charge >= 0.3 is 0 Å². The predicted molar refractivity (Wildman–Crippen MR) is 109 cm³/mol. The van der Waals surface area contributed by atoms with E-state index in [0.717, 1.165) is 23.3 Å². The summed E-state index contributed by atoms with van der Waals surface area (Å²) in [5.74, 6) is -0.0473. The Bertz CT molecular complexity index is 890. The topological polar surface area (TPSA) is 75.7 Å². The van der Waals surface area contributed by atoms with Crippen LogP contribution in [0.15, 0.2) is 24.3 Å². The van der Waals surface area contributed by atoms with Crippen molar-refractivity contribution in [3.8, 4) is 5.75 Å². The molecule has 0 aromatic heterocycles. The molecule has 29 heavy (non-hydrogen) atoms. The summed E-state index contributed by atoms with van der Waals surface area (Å²) in [7, 11) is 1.63. The van der Waals surface area contributed by atoms with Gasteiger partial charge in [0.2, 0.25) is 17.7 Å². The van der Waals surface area contributed by atoms with Gasteiger partial charge in [-0.3, -0.25) is 19.3 Å². The molecule has 3 aliphatic rings. The first-order valence-corrected chi connectivity index (χ1v) is 10.3. The minimum Gasteiger partial charge on any atom is -0.496 e. The zero-order valence-corrected chi connectivity index (χ0v) is 17.6. The van der Waals surface area contributed by atoms with Gasteiger partial charge in [-0.15, -0.1) is 0 Å². The van der Waals surface area contributed by atoms with Gasteiger partial charge in [-0.25, -0.2) is 0 Å². The molecule has 1 N–H and O–H groups in total. The second-order valence-corrected chi connectivity index (χ2v) is 8.78. The first-order chi connectivity index (χ1) is 13.7. The Morgan fingerprint density at radius 2 is 1.69 bits per heavy atom. The maximum atomic E-state index is 13.0. The van der Waals surface area contributed by atoms with E-state index in [2.05, 4.69) is 31.3 Å². The van der Waals surface area contributed by atoms with Crippen LogP contribution < -0.4 is 10.1 Å². The Balaban J connectivity index is 1.55. The molecule has 6 heteroatoms.